The summed E-state index contributed by atoms with van der Waals surface area (Å²) in [5.41, 5.74) is 0.110. The molecule has 0 radical (unpaired) electrons. The van der Waals surface area contributed by atoms with Gasteiger partial charge in [-0.3, -0.25) is 9.59 Å². The number of H-pyrrole nitrogens is 1. The van der Waals surface area contributed by atoms with Crippen molar-refractivity contribution in [2.75, 3.05) is 21.3 Å². The quantitative estimate of drug-likeness (QED) is 0.819. The molecule has 0 bridgehead atoms. The lowest BCUT2D eigenvalue weighted by molar-refractivity contribution is -0.136. The molecule has 0 saturated heterocycles. The van der Waals surface area contributed by atoms with Gasteiger partial charge >= 0.3 is 5.97 Å². The Morgan fingerprint density at radius 2 is 1.78 bits per heavy atom. The highest BCUT2D eigenvalue weighted by atomic mass is 16.5. The van der Waals surface area contributed by atoms with Crippen LogP contribution in [0.15, 0.2) is 23.1 Å². The SMILES string of the molecule is COc1cc(-c2ncc(CC(=O)O)c(=O)[nH]2)cc(OC)c1OC. The number of methoxy groups -OCH3 is 3. The molecule has 2 N–H and O–H groups in total. The third-order valence-corrected chi connectivity index (χ3v) is 3.15. The monoisotopic (exact) mass is 320 g/mol. The highest BCUT2D eigenvalue weighted by molar-refractivity contribution is 5.70. The number of aromatic nitrogens is 2. The number of hydrogen-bond donors (Lipinski definition) is 2. The van der Waals surface area contributed by atoms with Crippen LogP contribution in [0, 0.1) is 0 Å². The maximum Gasteiger partial charge on any atom is 0.308 e. The van der Waals surface area contributed by atoms with E-state index < -0.39 is 17.9 Å². The smallest absolute Gasteiger partial charge is 0.308 e. The summed E-state index contributed by atoms with van der Waals surface area (Å²) in [4.78, 5) is 29.3. The van der Waals surface area contributed by atoms with Crippen molar-refractivity contribution in [2.24, 2.45) is 0 Å². The minimum Gasteiger partial charge on any atom is -0.493 e. The number of rotatable bonds is 6. The Kier molecular flexibility index (Phi) is 4.85. The zero-order chi connectivity index (χ0) is 17.0. The molecular weight excluding hydrogens is 304 g/mol. The van der Waals surface area contributed by atoms with Gasteiger partial charge < -0.3 is 24.3 Å². The summed E-state index contributed by atoms with van der Waals surface area (Å²) in [5.74, 6) is 0.419. The van der Waals surface area contributed by atoms with Crippen molar-refractivity contribution < 1.29 is 24.1 Å². The Morgan fingerprint density at radius 1 is 1.17 bits per heavy atom. The molecule has 0 fully saturated rings. The molecule has 0 spiro atoms. The van der Waals surface area contributed by atoms with Gasteiger partial charge in [0.15, 0.2) is 11.5 Å². The summed E-state index contributed by atoms with van der Waals surface area (Å²) in [5, 5.41) is 8.74. The average molecular weight is 320 g/mol. The van der Waals surface area contributed by atoms with Crippen LogP contribution < -0.4 is 19.8 Å². The molecule has 0 saturated carbocycles. The van der Waals surface area contributed by atoms with Crippen LogP contribution in [0.1, 0.15) is 5.56 Å². The van der Waals surface area contributed by atoms with Crippen LogP contribution in [0.25, 0.3) is 11.4 Å². The molecule has 122 valence electrons. The van der Waals surface area contributed by atoms with E-state index >= 15 is 0 Å². The van der Waals surface area contributed by atoms with Crippen molar-refractivity contribution in [2.45, 2.75) is 6.42 Å². The Hall–Kier alpha value is -3.03. The molecule has 0 atom stereocenters. The van der Waals surface area contributed by atoms with Crippen LogP contribution in [0.3, 0.4) is 0 Å². The van der Waals surface area contributed by atoms with E-state index in [1.54, 1.807) is 12.1 Å². The predicted molar refractivity (Wildman–Crippen MR) is 81.3 cm³/mol. The normalized spacial score (nSPS) is 10.2. The Morgan fingerprint density at radius 3 is 2.22 bits per heavy atom. The van der Waals surface area contributed by atoms with Gasteiger partial charge in [0.05, 0.1) is 27.8 Å². The first-order chi connectivity index (χ1) is 11.0. The highest BCUT2D eigenvalue weighted by Crippen LogP contribution is 2.40. The third-order valence-electron chi connectivity index (χ3n) is 3.15. The summed E-state index contributed by atoms with van der Waals surface area (Å²) in [6, 6.07) is 3.27. The molecule has 8 heteroatoms. The highest BCUT2D eigenvalue weighted by Gasteiger charge is 2.16. The second-order valence-electron chi connectivity index (χ2n) is 4.57. The first-order valence-corrected chi connectivity index (χ1v) is 6.60. The van der Waals surface area contributed by atoms with Gasteiger partial charge in [-0.05, 0) is 12.1 Å². The number of aliphatic carboxylic acids is 1. The van der Waals surface area contributed by atoms with Crippen LogP contribution in [-0.2, 0) is 11.2 Å². The van der Waals surface area contributed by atoms with E-state index in [0.29, 0.717) is 22.8 Å². The van der Waals surface area contributed by atoms with Gasteiger partial charge in [0.1, 0.15) is 5.82 Å². The number of carboxylic acid groups (broad SMARTS) is 1. The van der Waals surface area contributed by atoms with Crippen LogP contribution in [0.4, 0.5) is 0 Å². The summed E-state index contributed by atoms with van der Waals surface area (Å²) in [6.45, 7) is 0. The zero-order valence-electron chi connectivity index (χ0n) is 12.9. The Bertz CT molecular complexity index is 759. The van der Waals surface area contributed by atoms with Crippen molar-refractivity contribution in [3.8, 4) is 28.6 Å². The van der Waals surface area contributed by atoms with Gasteiger partial charge in [0.2, 0.25) is 5.75 Å². The molecular formula is C15H16N2O6. The predicted octanol–water partition coefficient (Wildman–Crippen LogP) is 1.09. The van der Waals surface area contributed by atoms with E-state index in [4.69, 9.17) is 19.3 Å². The van der Waals surface area contributed by atoms with E-state index in [1.807, 2.05) is 0 Å². The lowest BCUT2D eigenvalue weighted by atomic mass is 10.1. The number of benzene rings is 1. The van der Waals surface area contributed by atoms with Gasteiger partial charge in [0, 0.05) is 17.3 Å². The standard InChI is InChI=1S/C15H16N2O6/c1-21-10-4-8(5-11(22-2)13(10)23-3)14-16-7-9(6-12(18)19)15(20)17-14/h4-5,7H,6H2,1-3H3,(H,18,19)(H,16,17,20). The molecule has 1 aromatic heterocycles. The largest absolute Gasteiger partial charge is 0.493 e. The molecule has 0 amide bonds. The summed E-state index contributed by atoms with van der Waals surface area (Å²) < 4.78 is 15.7. The van der Waals surface area contributed by atoms with Crippen LogP contribution in [0.2, 0.25) is 0 Å². The fourth-order valence-corrected chi connectivity index (χ4v) is 2.07. The van der Waals surface area contributed by atoms with Crippen molar-refractivity contribution in [3.05, 3.63) is 34.2 Å². The van der Waals surface area contributed by atoms with Crippen molar-refractivity contribution in [3.63, 3.8) is 0 Å². The number of carbonyl (C=O) groups is 1. The van der Waals surface area contributed by atoms with Gasteiger partial charge in [0.25, 0.3) is 5.56 Å². The number of ether oxygens (including phenoxy) is 3. The Balaban J connectivity index is 2.52. The molecule has 1 aromatic carbocycles. The minimum absolute atomic E-state index is 0.0775. The van der Waals surface area contributed by atoms with E-state index in [2.05, 4.69) is 9.97 Å². The fourth-order valence-electron chi connectivity index (χ4n) is 2.07. The number of nitrogens with one attached hydrogen (secondary N) is 1. The number of nitrogens with zero attached hydrogens (tertiary/aromatic N) is 1. The third kappa shape index (κ3) is 3.42. The Labute approximate surface area is 131 Å². The molecule has 0 aliphatic rings. The molecule has 0 aliphatic heterocycles. The van der Waals surface area contributed by atoms with Crippen molar-refractivity contribution >= 4 is 5.97 Å². The topological polar surface area (TPSA) is 111 Å². The molecule has 1 heterocycles. The molecule has 8 nitrogen and oxygen atoms in total. The van der Waals surface area contributed by atoms with E-state index in [-0.39, 0.29) is 11.4 Å². The molecule has 23 heavy (non-hydrogen) atoms. The summed E-state index contributed by atoms with van der Waals surface area (Å²) in [7, 11) is 4.45. The van der Waals surface area contributed by atoms with Crippen LogP contribution in [-0.4, -0.2) is 42.4 Å². The summed E-state index contributed by atoms with van der Waals surface area (Å²) in [6.07, 6.45) is 0.851. The first kappa shape index (κ1) is 16.3. The minimum atomic E-state index is -1.10. The molecule has 2 aromatic rings. The van der Waals surface area contributed by atoms with E-state index in [9.17, 15) is 9.59 Å². The number of carboxylic acids is 1. The summed E-state index contributed by atoms with van der Waals surface area (Å²) >= 11 is 0. The lowest BCUT2D eigenvalue weighted by Crippen LogP contribution is -2.17. The van der Waals surface area contributed by atoms with Crippen LogP contribution in [0.5, 0.6) is 17.2 Å². The average Bonchev–Trinajstić information content (AvgIpc) is 2.54. The molecule has 0 aliphatic carbocycles. The maximum absolute atomic E-state index is 11.9. The van der Waals surface area contributed by atoms with Gasteiger partial charge in [-0.25, -0.2) is 4.98 Å². The number of aromatic amines is 1. The van der Waals surface area contributed by atoms with E-state index in [0.717, 1.165) is 0 Å². The number of hydrogen-bond acceptors (Lipinski definition) is 6. The van der Waals surface area contributed by atoms with Gasteiger partial charge in [-0.2, -0.15) is 0 Å². The van der Waals surface area contributed by atoms with E-state index in [1.165, 1.54) is 27.5 Å². The van der Waals surface area contributed by atoms with Crippen LogP contribution >= 0.6 is 0 Å². The lowest BCUT2D eigenvalue weighted by Gasteiger charge is -2.13. The van der Waals surface area contributed by atoms with Gasteiger partial charge in [-0.1, -0.05) is 0 Å². The fraction of sp³-hybridized carbons (Fsp3) is 0.267. The van der Waals surface area contributed by atoms with Crippen molar-refractivity contribution in [1.29, 1.82) is 0 Å². The van der Waals surface area contributed by atoms with Crippen molar-refractivity contribution in [1.82, 2.24) is 9.97 Å². The molecule has 2 rings (SSSR count). The zero-order valence-corrected chi connectivity index (χ0v) is 12.9. The first-order valence-electron chi connectivity index (χ1n) is 6.60. The second kappa shape index (κ2) is 6.82. The second-order valence-corrected chi connectivity index (χ2v) is 4.57. The van der Waals surface area contributed by atoms with Gasteiger partial charge in [-0.15, -0.1) is 0 Å². The molecule has 0 unspecified atom stereocenters. The maximum atomic E-state index is 11.9.